The van der Waals surface area contributed by atoms with Gasteiger partial charge in [0.15, 0.2) is 6.04 Å². The van der Waals surface area contributed by atoms with Crippen molar-refractivity contribution in [2.45, 2.75) is 25.5 Å². The Bertz CT molecular complexity index is 318. The van der Waals surface area contributed by atoms with E-state index in [2.05, 4.69) is 6.58 Å². The number of carbonyl (C=O) groups is 2. The van der Waals surface area contributed by atoms with Crippen LogP contribution in [0.25, 0.3) is 0 Å². The first-order valence-corrected chi connectivity index (χ1v) is 5.91. The lowest BCUT2D eigenvalue weighted by molar-refractivity contribution is -0.163. The van der Waals surface area contributed by atoms with Crippen molar-refractivity contribution in [1.82, 2.24) is 4.90 Å². The van der Waals surface area contributed by atoms with Crippen LogP contribution >= 0.6 is 0 Å². The van der Waals surface area contributed by atoms with E-state index in [0.717, 1.165) is 0 Å². The van der Waals surface area contributed by atoms with Gasteiger partial charge in [-0.2, -0.15) is 0 Å². The Morgan fingerprint density at radius 1 is 1.67 bits per heavy atom. The maximum atomic E-state index is 12.1. The number of hydrogen-bond acceptors (Lipinski definition) is 4. The average Bonchev–Trinajstić information content (AvgIpc) is 2.38. The smallest absolute Gasteiger partial charge is 0.328 e. The van der Waals surface area contributed by atoms with Gasteiger partial charge in [0.1, 0.15) is 6.10 Å². The molecule has 1 saturated heterocycles. The third kappa shape index (κ3) is 3.82. The molecule has 0 aromatic heterocycles. The SMILES string of the molecule is C=CCCOC(C)C(=O)N1CCOCC1C(=O)O. The lowest BCUT2D eigenvalue weighted by Crippen LogP contribution is -2.55. The van der Waals surface area contributed by atoms with E-state index in [1.54, 1.807) is 13.0 Å². The second-order valence-corrected chi connectivity index (χ2v) is 4.05. The molecule has 1 aliphatic heterocycles. The standard InChI is InChI=1S/C12H19NO5/c1-3-4-6-18-9(2)11(14)13-5-7-17-8-10(13)12(15)16/h3,9-10H,1,4-8H2,2H3,(H,15,16). The topological polar surface area (TPSA) is 76.1 Å². The van der Waals surface area contributed by atoms with Gasteiger partial charge in [-0.05, 0) is 13.3 Å². The summed E-state index contributed by atoms with van der Waals surface area (Å²) in [6, 6.07) is -0.920. The molecule has 18 heavy (non-hydrogen) atoms. The van der Waals surface area contributed by atoms with Crippen molar-refractivity contribution in [2.75, 3.05) is 26.4 Å². The minimum absolute atomic E-state index is 0.0282. The second kappa shape index (κ2) is 7.13. The number of ether oxygens (including phenoxy) is 2. The predicted octanol–water partition coefficient (Wildman–Crippen LogP) is 0.280. The fourth-order valence-corrected chi connectivity index (χ4v) is 1.71. The molecule has 0 spiro atoms. The molecule has 6 nitrogen and oxygen atoms in total. The highest BCUT2D eigenvalue weighted by atomic mass is 16.5. The van der Waals surface area contributed by atoms with Crippen molar-refractivity contribution < 1.29 is 24.2 Å². The lowest BCUT2D eigenvalue weighted by atomic mass is 10.2. The van der Waals surface area contributed by atoms with E-state index >= 15 is 0 Å². The number of carbonyl (C=O) groups excluding carboxylic acids is 1. The van der Waals surface area contributed by atoms with Gasteiger partial charge in [-0.1, -0.05) is 6.08 Å². The molecule has 0 bridgehead atoms. The van der Waals surface area contributed by atoms with Gasteiger partial charge in [-0.25, -0.2) is 4.79 Å². The van der Waals surface area contributed by atoms with E-state index in [9.17, 15) is 9.59 Å². The van der Waals surface area contributed by atoms with Crippen molar-refractivity contribution in [3.05, 3.63) is 12.7 Å². The normalized spacial score (nSPS) is 21.4. The van der Waals surface area contributed by atoms with E-state index < -0.39 is 18.1 Å². The highest BCUT2D eigenvalue weighted by Crippen LogP contribution is 2.11. The van der Waals surface area contributed by atoms with E-state index in [1.807, 2.05) is 0 Å². The van der Waals surface area contributed by atoms with E-state index in [1.165, 1.54) is 4.90 Å². The minimum atomic E-state index is -1.05. The van der Waals surface area contributed by atoms with Crippen molar-refractivity contribution in [2.24, 2.45) is 0 Å². The summed E-state index contributed by atoms with van der Waals surface area (Å²) in [6.07, 6.45) is 1.71. The number of carboxylic acids is 1. The van der Waals surface area contributed by atoms with Gasteiger partial charge >= 0.3 is 5.97 Å². The molecule has 1 heterocycles. The molecule has 0 saturated carbocycles. The summed E-state index contributed by atoms with van der Waals surface area (Å²) in [5.74, 6) is -1.36. The molecule has 1 amide bonds. The average molecular weight is 257 g/mol. The van der Waals surface area contributed by atoms with Crippen LogP contribution in [0.15, 0.2) is 12.7 Å². The largest absolute Gasteiger partial charge is 0.480 e. The van der Waals surface area contributed by atoms with Crippen LogP contribution in [0.4, 0.5) is 0 Å². The molecule has 1 N–H and O–H groups in total. The number of aliphatic carboxylic acids is 1. The number of amides is 1. The monoisotopic (exact) mass is 257 g/mol. The van der Waals surface area contributed by atoms with Gasteiger partial charge in [0, 0.05) is 6.54 Å². The van der Waals surface area contributed by atoms with Gasteiger partial charge < -0.3 is 19.5 Å². The highest BCUT2D eigenvalue weighted by molar-refractivity contribution is 5.86. The fourth-order valence-electron chi connectivity index (χ4n) is 1.71. The third-order valence-corrected chi connectivity index (χ3v) is 2.73. The summed E-state index contributed by atoms with van der Waals surface area (Å²) in [5.41, 5.74) is 0. The lowest BCUT2D eigenvalue weighted by Gasteiger charge is -2.34. The van der Waals surface area contributed by atoms with E-state index in [0.29, 0.717) is 19.6 Å². The molecule has 0 aliphatic carbocycles. The van der Waals surface area contributed by atoms with Gasteiger partial charge in [-0.15, -0.1) is 6.58 Å². The Morgan fingerprint density at radius 2 is 2.39 bits per heavy atom. The fraction of sp³-hybridized carbons (Fsp3) is 0.667. The van der Waals surface area contributed by atoms with Crippen molar-refractivity contribution >= 4 is 11.9 Å². The molecule has 1 rings (SSSR count). The summed E-state index contributed by atoms with van der Waals surface area (Å²) in [6.45, 7) is 6.25. The number of hydrogen-bond donors (Lipinski definition) is 1. The number of carboxylic acid groups (broad SMARTS) is 1. The second-order valence-electron chi connectivity index (χ2n) is 4.05. The van der Waals surface area contributed by atoms with Crippen molar-refractivity contribution in [3.63, 3.8) is 0 Å². The number of rotatable bonds is 6. The van der Waals surface area contributed by atoms with Gasteiger partial charge in [-0.3, -0.25) is 4.79 Å². The van der Waals surface area contributed by atoms with Crippen LogP contribution in [0.3, 0.4) is 0 Å². The molecular weight excluding hydrogens is 238 g/mol. The van der Waals surface area contributed by atoms with Gasteiger partial charge in [0.25, 0.3) is 5.91 Å². The Labute approximate surface area is 106 Å². The molecule has 1 fully saturated rings. The van der Waals surface area contributed by atoms with Crippen LogP contribution in [0, 0.1) is 0 Å². The molecule has 102 valence electrons. The Balaban J connectivity index is 2.56. The molecule has 2 atom stereocenters. The molecular formula is C12H19NO5. The predicted molar refractivity (Wildman–Crippen MR) is 64.2 cm³/mol. The van der Waals surface area contributed by atoms with E-state index in [-0.39, 0.29) is 19.1 Å². The molecule has 1 aliphatic rings. The number of morpholine rings is 1. The van der Waals surface area contributed by atoms with Crippen LogP contribution in [-0.4, -0.2) is 60.4 Å². The Kier molecular flexibility index (Phi) is 5.80. The quantitative estimate of drug-likeness (QED) is 0.546. The van der Waals surface area contributed by atoms with Crippen LogP contribution in [0.2, 0.25) is 0 Å². The summed E-state index contributed by atoms with van der Waals surface area (Å²) >= 11 is 0. The summed E-state index contributed by atoms with van der Waals surface area (Å²) in [7, 11) is 0. The zero-order chi connectivity index (χ0) is 13.5. The van der Waals surface area contributed by atoms with Gasteiger partial charge in [0.05, 0.1) is 19.8 Å². The van der Waals surface area contributed by atoms with E-state index in [4.69, 9.17) is 14.6 Å². The summed E-state index contributed by atoms with van der Waals surface area (Å²) in [4.78, 5) is 24.4. The number of nitrogens with zero attached hydrogens (tertiary/aromatic N) is 1. The first-order chi connectivity index (χ1) is 8.57. The summed E-state index contributed by atoms with van der Waals surface area (Å²) in [5, 5.41) is 9.03. The van der Waals surface area contributed by atoms with Crippen molar-refractivity contribution in [1.29, 1.82) is 0 Å². The zero-order valence-electron chi connectivity index (χ0n) is 10.5. The summed E-state index contributed by atoms with van der Waals surface area (Å²) < 4.78 is 10.4. The van der Waals surface area contributed by atoms with Crippen LogP contribution in [-0.2, 0) is 19.1 Å². The maximum Gasteiger partial charge on any atom is 0.328 e. The molecule has 0 radical (unpaired) electrons. The first kappa shape index (κ1) is 14.7. The minimum Gasteiger partial charge on any atom is -0.480 e. The first-order valence-electron chi connectivity index (χ1n) is 5.91. The molecule has 2 unspecified atom stereocenters. The zero-order valence-corrected chi connectivity index (χ0v) is 10.5. The Hall–Kier alpha value is -1.40. The maximum absolute atomic E-state index is 12.1. The van der Waals surface area contributed by atoms with Crippen LogP contribution < -0.4 is 0 Å². The highest BCUT2D eigenvalue weighted by Gasteiger charge is 2.34. The molecule has 0 aromatic carbocycles. The molecule has 6 heteroatoms. The van der Waals surface area contributed by atoms with Gasteiger partial charge in [0.2, 0.25) is 0 Å². The van der Waals surface area contributed by atoms with Crippen LogP contribution in [0.5, 0.6) is 0 Å². The Morgan fingerprint density at radius 3 is 3.00 bits per heavy atom. The molecule has 0 aromatic rings. The van der Waals surface area contributed by atoms with Crippen molar-refractivity contribution in [3.8, 4) is 0 Å². The van der Waals surface area contributed by atoms with Crippen LogP contribution in [0.1, 0.15) is 13.3 Å². The third-order valence-electron chi connectivity index (χ3n) is 2.73.